The molecule has 28 heavy (non-hydrogen) atoms. The highest BCUT2D eigenvalue weighted by Crippen LogP contribution is 2.18. The topological polar surface area (TPSA) is 51.2 Å². The summed E-state index contributed by atoms with van der Waals surface area (Å²) < 4.78 is 0. The Kier molecular flexibility index (Phi) is 12.1. The minimum atomic E-state index is 0. The number of guanidine groups is 1. The van der Waals surface area contributed by atoms with Gasteiger partial charge in [0.2, 0.25) is 5.91 Å². The molecule has 2 heterocycles. The fraction of sp³-hybridized carbons (Fsp3) is 0.810. The van der Waals surface area contributed by atoms with Crippen molar-refractivity contribution in [2.75, 3.05) is 53.4 Å². The number of rotatable bonds is 9. The number of nitrogens with zero attached hydrogens (tertiary/aromatic N) is 4. The van der Waals surface area contributed by atoms with Gasteiger partial charge in [0.1, 0.15) is 6.54 Å². The molecule has 2 atom stereocenters. The third-order valence-electron chi connectivity index (χ3n) is 5.78. The first-order valence-electron chi connectivity index (χ1n) is 10.7. The number of aliphatic imine (C=N–C) groups is 1. The molecule has 0 spiro atoms. The number of hydrogen-bond donors (Lipinski definition) is 1. The first-order valence-corrected chi connectivity index (χ1v) is 10.7. The van der Waals surface area contributed by atoms with Crippen LogP contribution in [0.15, 0.2) is 17.1 Å². The van der Waals surface area contributed by atoms with Gasteiger partial charge in [-0.25, -0.2) is 4.99 Å². The molecule has 0 radical (unpaired) electrons. The van der Waals surface area contributed by atoms with Gasteiger partial charge in [-0.2, -0.15) is 0 Å². The molecule has 2 aliphatic rings. The van der Waals surface area contributed by atoms with Gasteiger partial charge >= 0.3 is 0 Å². The Labute approximate surface area is 188 Å². The minimum Gasteiger partial charge on any atom is -0.356 e. The second-order valence-corrected chi connectivity index (χ2v) is 8.04. The molecule has 2 aliphatic heterocycles. The summed E-state index contributed by atoms with van der Waals surface area (Å²) in [7, 11) is 3.57. The van der Waals surface area contributed by atoms with Gasteiger partial charge in [-0.3, -0.25) is 9.69 Å². The number of likely N-dealkylation sites (tertiary alicyclic amines) is 1. The fourth-order valence-electron chi connectivity index (χ4n) is 3.76. The molecule has 1 N–H and O–H groups in total. The summed E-state index contributed by atoms with van der Waals surface area (Å²) in [5.74, 6) is 1.63. The third-order valence-corrected chi connectivity index (χ3v) is 5.78. The zero-order valence-corrected chi connectivity index (χ0v) is 20.5. The molecular formula is C21H40IN5O. The summed E-state index contributed by atoms with van der Waals surface area (Å²) in [5.41, 5.74) is 0. The Hall–Kier alpha value is -0.830. The Bertz CT molecular complexity index is 515. The van der Waals surface area contributed by atoms with Crippen molar-refractivity contribution < 1.29 is 4.79 Å². The predicted molar refractivity (Wildman–Crippen MR) is 128 cm³/mol. The fourth-order valence-corrected chi connectivity index (χ4v) is 3.76. The maximum atomic E-state index is 12.0. The van der Waals surface area contributed by atoms with Crippen molar-refractivity contribution in [1.29, 1.82) is 0 Å². The second kappa shape index (κ2) is 13.4. The zero-order valence-electron chi connectivity index (χ0n) is 18.2. The highest BCUT2D eigenvalue weighted by molar-refractivity contribution is 14.0. The van der Waals surface area contributed by atoms with Gasteiger partial charge in [-0.05, 0) is 18.8 Å². The smallest absolute Gasteiger partial charge is 0.243 e. The largest absolute Gasteiger partial charge is 0.356 e. The predicted octanol–water partition coefficient (Wildman–Crippen LogP) is 2.80. The molecule has 162 valence electrons. The lowest BCUT2D eigenvalue weighted by atomic mass is 9.99. The summed E-state index contributed by atoms with van der Waals surface area (Å²) in [6.07, 6.45) is 10.6. The van der Waals surface area contributed by atoms with Crippen molar-refractivity contribution in [2.45, 2.75) is 52.0 Å². The van der Waals surface area contributed by atoms with Crippen LogP contribution in [-0.2, 0) is 4.79 Å². The van der Waals surface area contributed by atoms with Gasteiger partial charge < -0.3 is 15.1 Å². The molecule has 2 rings (SSSR count). The number of halogens is 1. The normalized spacial score (nSPS) is 20.9. The first kappa shape index (κ1) is 25.2. The number of nitrogens with one attached hydrogen (secondary N) is 1. The third kappa shape index (κ3) is 7.89. The molecule has 6 nitrogen and oxygen atoms in total. The van der Waals surface area contributed by atoms with Crippen LogP contribution in [0.25, 0.3) is 0 Å². The van der Waals surface area contributed by atoms with Crippen molar-refractivity contribution in [3.63, 3.8) is 0 Å². The van der Waals surface area contributed by atoms with Crippen LogP contribution in [0.3, 0.4) is 0 Å². The Morgan fingerprint density at radius 3 is 2.61 bits per heavy atom. The molecule has 0 aliphatic carbocycles. The van der Waals surface area contributed by atoms with Gasteiger partial charge in [0.25, 0.3) is 0 Å². The number of unbranched alkanes of at least 4 members (excludes halogenated alkanes) is 1. The maximum Gasteiger partial charge on any atom is 0.243 e. The van der Waals surface area contributed by atoms with E-state index in [-0.39, 0.29) is 36.4 Å². The van der Waals surface area contributed by atoms with Crippen LogP contribution in [-0.4, -0.2) is 86.0 Å². The Morgan fingerprint density at radius 1 is 1.29 bits per heavy atom. The molecule has 0 saturated carbocycles. The average Bonchev–Trinajstić information content (AvgIpc) is 3.35. The monoisotopic (exact) mass is 505 g/mol. The van der Waals surface area contributed by atoms with E-state index in [2.05, 4.69) is 46.1 Å². The summed E-state index contributed by atoms with van der Waals surface area (Å²) in [4.78, 5) is 23.2. The van der Waals surface area contributed by atoms with Crippen LogP contribution in [0.2, 0.25) is 0 Å². The summed E-state index contributed by atoms with van der Waals surface area (Å²) in [6.45, 7) is 9.80. The number of carbonyl (C=O) groups excluding carboxylic acids is 1. The quantitative estimate of drug-likeness (QED) is 0.227. The first-order chi connectivity index (χ1) is 13.0. The highest BCUT2D eigenvalue weighted by atomic mass is 127. The number of hydrogen-bond acceptors (Lipinski definition) is 3. The summed E-state index contributed by atoms with van der Waals surface area (Å²) in [6, 6.07) is 0.582. The van der Waals surface area contributed by atoms with E-state index in [1.807, 2.05) is 0 Å². The number of carbonyl (C=O) groups is 1. The van der Waals surface area contributed by atoms with Crippen LogP contribution in [0.1, 0.15) is 46.0 Å². The zero-order chi connectivity index (χ0) is 19.6. The van der Waals surface area contributed by atoms with Gasteiger partial charge in [0.15, 0.2) is 5.96 Å². The molecule has 7 heteroatoms. The molecule has 1 fully saturated rings. The van der Waals surface area contributed by atoms with Crippen molar-refractivity contribution in [1.82, 2.24) is 20.0 Å². The van der Waals surface area contributed by atoms with Crippen molar-refractivity contribution >= 4 is 35.8 Å². The van der Waals surface area contributed by atoms with E-state index in [1.165, 1.54) is 25.7 Å². The van der Waals surface area contributed by atoms with E-state index in [0.717, 1.165) is 45.1 Å². The van der Waals surface area contributed by atoms with E-state index in [0.29, 0.717) is 12.0 Å². The van der Waals surface area contributed by atoms with Crippen LogP contribution in [0.5, 0.6) is 0 Å². The molecule has 1 amide bonds. The number of likely N-dealkylation sites (N-methyl/N-ethyl adjacent to an activating group) is 1. The lowest BCUT2D eigenvalue weighted by molar-refractivity contribution is -0.127. The Balaban J connectivity index is 0.00000392. The van der Waals surface area contributed by atoms with Gasteiger partial charge in [0, 0.05) is 52.9 Å². The molecule has 0 aromatic carbocycles. The summed E-state index contributed by atoms with van der Waals surface area (Å²) >= 11 is 0. The van der Waals surface area contributed by atoms with Crippen LogP contribution < -0.4 is 5.32 Å². The van der Waals surface area contributed by atoms with E-state index in [4.69, 9.17) is 0 Å². The maximum absolute atomic E-state index is 12.0. The van der Waals surface area contributed by atoms with E-state index >= 15 is 0 Å². The van der Waals surface area contributed by atoms with E-state index in [1.54, 1.807) is 19.0 Å². The van der Waals surface area contributed by atoms with Gasteiger partial charge in [-0.15, -0.1) is 24.0 Å². The standard InChI is InChI=1S/C21H39N5O.HI/c1-5-7-10-18(6-2)15-22-21(23-16-20(27)24(3)4)26-14-11-19(17-26)25-12-8-9-13-25;/h8-9,18-19H,5-7,10-17H2,1-4H3,(H,22,23);1H. The molecule has 1 saturated heterocycles. The van der Waals surface area contributed by atoms with Crippen molar-refractivity contribution in [3.8, 4) is 0 Å². The SMILES string of the molecule is CCCCC(CC)CNC(=NCC(=O)N(C)C)N1CCC(N2CC=CC2)C1.I. The van der Waals surface area contributed by atoms with E-state index in [9.17, 15) is 4.79 Å². The summed E-state index contributed by atoms with van der Waals surface area (Å²) in [5, 5.41) is 3.60. The second-order valence-electron chi connectivity index (χ2n) is 8.04. The van der Waals surface area contributed by atoms with Gasteiger partial charge in [-0.1, -0.05) is 45.3 Å². The molecule has 0 aromatic rings. The van der Waals surface area contributed by atoms with Crippen LogP contribution in [0.4, 0.5) is 0 Å². The lowest BCUT2D eigenvalue weighted by Gasteiger charge is -2.27. The van der Waals surface area contributed by atoms with Crippen LogP contribution >= 0.6 is 24.0 Å². The van der Waals surface area contributed by atoms with Crippen LogP contribution in [0, 0.1) is 5.92 Å². The van der Waals surface area contributed by atoms with E-state index < -0.39 is 0 Å². The lowest BCUT2D eigenvalue weighted by Crippen LogP contribution is -2.44. The molecule has 0 bridgehead atoms. The average molecular weight is 505 g/mol. The van der Waals surface area contributed by atoms with Crippen molar-refractivity contribution in [2.24, 2.45) is 10.9 Å². The molecule has 0 aromatic heterocycles. The number of amides is 1. The highest BCUT2D eigenvalue weighted by Gasteiger charge is 2.30. The molecule has 2 unspecified atom stereocenters. The van der Waals surface area contributed by atoms with Crippen molar-refractivity contribution in [3.05, 3.63) is 12.2 Å². The minimum absolute atomic E-state index is 0. The van der Waals surface area contributed by atoms with Gasteiger partial charge in [0.05, 0.1) is 0 Å². The molecular weight excluding hydrogens is 465 g/mol. The Morgan fingerprint density at radius 2 is 2.00 bits per heavy atom.